The van der Waals surface area contributed by atoms with Crippen LogP contribution < -0.4 is 9.46 Å². The third-order valence-electron chi connectivity index (χ3n) is 5.95. The van der Waals surface area contributed by atoms with Crippen LogP contribution in [0.4, 0.5) is 5.69 Å². The Balaban J connectivity index is 1.85. The normalized spacial score (nSPS) is 23.6. The van der Waals surface area contributed by atoms with E-state index in [-0.39, 0.29) is 5.92 Å². The van der Waals surface area contributed by atoms with Gasteiger partial charge in [0.15, 0.2) is 0 Å². The van der Waals surface area contributed by atoms with Gasteiger partial charge < -0.3 is 14.4 Å². The van der Waals surface area contributed by atoms with Crippen molar-refractivity contribution in [2.45, 2.75) is 31.2 Å². The highest BCUT2D eigenvalue weighted by Gasteiger charge is 2.37. The third kappa shape index (κ3) is 3.63. The Morgan fingerprint density at radius 1 is 1.21 bits per heavy atom. The van der Waals surface area contributed by atoms with Crippen molar-refractivity contribution in [3.63, 3.8) is 0 Å². The lowest BCUT2D eigenvalue weighted by molar-refractivity contribution is 0.214. The fraction of sp³-hybridized carbons (Fsp3) is 0.409. The summed E-state index contributed by atoms with van der Waals surface area (Å²) < 4.78 is 20.6. The van der Waals surface area contributed by atoms with Gasteiger partial charge in [-0.1, -0.05) is 17.7 Å². The van der Waals surface area contributed by atoms with Crippen LogP contribution in [0.5, 0.6) is 5.75 Å². The lowest BCUT2D eigenvalue weighted by Crippen LogP contribution is -2.39. The highest BCUT2D eigenvalue weighted by atomic mass is 35.5. The van der Waals surface area contributed by atoms with Crippen molar-refractivity contribution < 1.29 is 8.95 Å². The number of aryl methyl sites for hydroxylation is 1. The molecule has 1 aliphatic heterocycles. The van der Waals surface area contributed by atoms with Crippen molar-refractivity contribution in [1.82, 2.24) is 4.90 Å². The summed E-state index contributed by atoms with van der Waals surface area (Å²) in [6.45, 7) is 1.02. The summed E-state index contributed by atoms with van der Waals surface area (Å²) in [5.41, 5.74) is 6.14. The predicted molar refractivity (Wildman–Crippen MR) is 120 cm³/mol. The van der Waals surface area contributed by atoms with E-state index in [0.29, 0.717) is 11.1 Å². The van der Waals surface area contributed by atoms with Gasteiger partial charge in [0, 0.05) is 40.2 Å². The zero-order valence-electron chi connectivity index (χ0n) is 16.6. The van der Waals surface area contributed by atoms with Gasteiger partial charge in [0.1, 0.15) is 5.75 Å². The van der Waals surface area contributed by atoms with Crippen LogP contribution >= 0.6 is 11.6 Å². The fourth-order valence-corrected chi connectivity index (χ4v) is 5.59. The highest BCUT2D eigenvalue weighted by Crippen LogP contribution is 2.45. The van der Waals surface area contributed by atoms with Crippen LogP contribution in [0.3, 0.4) is 0 Å². The van der Waals surface area contributed by atoms with Crippen LogP contribution in [0.15, 0.2) is 30.3 Å². The molecule has 3 atom stereocenters. The molecule has 1 unspecified atom stereocenters. The number of likely N-dealkylation sites (N-methyl/N-ethyl adjacent to an activating group) is 1. The lowest BCUT2D eigenvalue weighted by Gasteiger charge is -2.38. The van der Waals surface area contributed by atoms with Crippen LogP contribution in [0.1, 0.15) is 34.6 Å². The first kappa shape index (κ1) is 19.6. The minimum atomic E-state index is -2.29. The van der Waals surface area contributed by atoms with E-state index in [1.165, 1.54) is 22.3 Å². The average molecular weight is 419 g/mol. The number of ether oxygens (including phenoxy) is 1. The number of nitrogens with zero attached hydrogens (tertiary/aromatic N) is 1. The number of nitrogens with one attached hydrogen (secondary N) is 1. The van der Waals surface area contributed by atoms with Crippen molar-refractivity contribution >= 4 is 32.9 Å². The van der Waals surface area contributed by atoms with E-state index in [1.54, 1.807) is 13.4 Å². The zero-order chi connectivity index (χ0) is 20.1. The minimum Gasteiger partial charge on any atom is -0.495 e. The molecule has 2 aliphatic rings. The van der Waals surface area contributed by atoms with Gasteiger partial charge in [-0.3, -0.25) is 0 Å². The number of hydrogen-bond donors (Lipinski definition) is 1. The van der Waals surface area contributed by atoms with E-state index in [1.807, 2.05) is 6.07 Å². The summed E-state index contributed by atoms with van der Waals surface area (Å²) in [5.74, 6) is 4.71. The molecular weight excluding hydrogens is 392 g/mol. The van der Waals surface area contributed by atoms with Crippen molar-refractivity contribution in [2.75, 3.05) is 31.7 Å². The second-order valence-corrected chi connectivity index (χ2v) is 10.6. The zero-order valence-corrected chi connectivity index (χ0v) is 18.2. The second-order valence-electron chi connectivity index (χ2n) is 8.02. The Labute approximate surface area is 173 Å². The van der Waals surface area contributed by atoms with Gasteiger partial charge in [-0.2, -0.15) is 0 Å². The molecule has 1 aliphatic carbocycles. The smallest absolute Gasteiger partial charge is 0.137 e. The average Bonchev–Trinajstić information content (AvgIpc) is 2.76. The summed E-state index contributed by atoms with van der Waals surface area (Å²) in [7, 11) is 1.60. The number of hydrogen-bond acceptors (Lipinski definition) is 3. The van der Waals surface area contributed by atoms with Crippen LogP contribution in [-0.4, -0.2) is 48.0 Å². The van der Waals surface area contributed by atoms with E-state index >= 15 is 0 Å². The van der Waals surface area contributed by atoms with Crippen molar-refractivity contribution in [3.8, 4) is 5.75 Å². The minimum absolute atomic E-state index is 0.275. The number of anilines is 1. The first-order valence-corrected chi connectivity index (χ1v) is 12.1. The molecule has 150 valence electrons. The monoisotopic (exact) mass is 418 g/mol. The van der Waals surface area contributed by atoms with Crippen LogP contribution in [0.2, 0.25) is 5.02 Å². The molecule has 0 saturated carbocycles. The number of methoxy groups -OCH3 is 1. The molecule has 6 heteroatoms. The van der Waals surface area contributed by atoms with Crippen LogP contribution in [0.25, 0.3) is 0 Å². The van der Waals surface area contributed by atoms with E-state index < -0.39 is 9.71 Å². The predicted octanol–water partition coefficient (Wildman–Crippen LogP) is 3.96. The molecule has 0 radical (unpaired) electrons. The van der Waals surface area contributed by atoms with E-state index in [2.05, 4.69) is 46.8 Å². The molecule has 2 aromatic rings. The van der Waals surface area contributed by atoms with Crippen LogP contribution in [0, 0.1) is 0 Å². The summed E-state index contributed by atoms with van der Waals surface area (Å²) in [5, 5.41) is 0.672. The third-order valence-corrected chi connectivity index (χ3v) is 6.92. The lowest BCUT2D eigenvalue weighted by atomic mass is 9.74. The molecular formula is C22H27ClN2O2S. The van der Waals surface area contributed by atoms with Crippen molar-refractivity contribution in [3.05, 3.63) is 57.6 Å². The van der Waals surface area contributed by atoms with E-state index in [0.717, 1.165) is 37.2 Å². The molecule has 1 N–H and O–H groups in total. The number of benzene rings is 2. The van der Waals surface area contributed by atoms with E-state index in [9.17, 15) is 4.21 Å². The molecule has 4 rings (SSSR count). The summed E-state index contributed by atoms with van der Waals surface area (Å²) in [4.78, 5) is 2.48. The molecule has 4 nitrogen and oxygen atoms in total. The maximum Gasteiger partial charge on any atom is 0.137 e. The number of rotatable bonds is 3. The molecule has 2 aromatic carbocycles. The van der Waals surface area contributed by atoms with Gasteiger partial charge in [0.25, 0.3) is 0 Å². The maximum absolute atomic E-state index is 12.1. The van der Waals surface area contributed by atoms with E-state index in [4.69, 9.17) is 16.3 Å². The van der Waals surface area contributed by atoms with Gasteiger partial charge in [0.2, 0.25) is 0 Å². The quantitative estimate of drug-likeness (QED) is 0.767. The van der Waals surface area contributed by atoms with Crippen molar-refractivity contribution in [2.24, 2.45) is 0 Å². The second kappa shape index (κ2) is 7.29. The Hall–Kier alpha value is -1.69. The van der Waals surface area contributed by atoms with Gasteiger partial charge >= 0.3 is 0 Å². The standard InChI is InChI=1S/C22H27ClN2O2S/c1-25-10-9-15-12-19(23)21(27-2)13-18(15)22-17-7-6-16(24-28(3,4)26)11-14(17)5-8-20(22)25/h6-7,11-13,20,22H,3,5,8-10H2,1-2,4H3,(H,24,26)/t20-,22+,28?/m0/s1. The Morgan fingerprint density at radius 3 is 2.68 bits per heavy atom. The van der Waals surface area contributed by atoms with Crippen molar-refractivity contribution in [1.29, 1.82) is 0 Å². The topological polar surface area (TPSA) is 41.6 Å². The number of fused-ring (bicyclic) bond motifs is 5. The van der Waals surface area contributed by atoms with Gasteiger partial charge in [-0.05, 0) is 78.7 Å². The summed E-state index contributed by atoms with van der Waals surface area (Å²) >= 11 is 6.43. The Bertz CT molecular complexity index is 1020. The molecule has 0 amide bonds. The Kier molecular flexibility index (Phi) is 5.10. The summed E-state index contributed by atoms with van der Waals surface area (Å²) in [6, 6.07) is 11.0. The first-order valence-electron chi connectivity index (χ1n) is 9.56. The maximum atomic E-state index is 12.1. The molecule has 0 fully saturated rings. The van der Waals surface area contributed by atoms with Gasteiger partial charge in [0.05, 0.1) is 12.1 Å². The fourth-order valence-electron chi connectivity index (χ4n) is 4.70. The first-order chi connectivity index (χ1) is 13.3. The SMILES string of the molecule is C=S(C)(=O)Nc1ccc2c(c1)CC[C@H]1[C@H]2c2cc(OC)c(Cl)cc2CCN1C. The molecule has 1 heterocycles. The van der Waals surface area contributed by atoms with Gasteiger partial charge in [-0.25, -0.2) is 4.21 Å². The Morgan fingerprint density at radius 2 is 1.96 bits per heavy atom. The molecule has 0 aromatic heterocycles. The highest BCUT2D eigenvalue weighted by molar-refractivity contribution is 8.00. The summed E-state index contributed by atoms with van der Waals surface area (Å²) in [6.07, 6.45) is 4.71. The largest absolute Gasteiger partial charge is 0.495 e. The van der Waals surface area contributed by atoms with Crippen LogP contribution in [-0.2, 0) is 22.5 Å². The molecule has 0 saturated heterocycles. The van der Waals surface area contributed by atoms with Gasteiger partial charge in [-0.15, -0.1) is 0 Å². The molecule has 28 heavy (non-hydrogen) atoms. The molecule has 0 bridgehead atoms. The number of halogens is 1. The molecule has 0 spiro atoms.